The molecule has 3 aromatic carbocycles. The molecule has 0 fully saturated rings. The average molecular weight is 440 g/mol. The van der Waals surface area contributed by atoms with E-state index in [2.05, 4.69) is 29.1 Å². The molecule has 1 N–H and O–H groups in total. The molecule has 0 aliphatic heterocycles. The van der Waals surface area contributed by atoms with Crippen molar-refractivity contribution in [3.63, 3.8) is 0 Å². The lowest BCUT2D eigenvalue weighted by Crippen LogP contribution is -2.12. The third-order valence-corrected chi connectivity index (χ3v) is 5.13. The van der Waals surface area contributed by atoms with E-state index in [4.69, 9.17) is 9.47 Å². The van der Waals surface area contributed by atoms with Crippen LogP contribution in [0.4, 0.5) is 5.69 Å². The summed E-state index contributed by atoms with van der Waals surface area (Å²) in [7, 11) is 1.59. The summed E-state index contributed by atoms with van der Waals surface area (Å²) in [5, 5.41) is 2.94. The van der Waals surface area contributed by atoms with Crippen molar-refractivity contribution in [3.8, 4) is 28.8 Å². The summed E-state index contributed by atoms with van der Waals surface area (Å²) in [6.45, 7) is 4.27. The van der Waals surface area contributed by atoms with Gasteiger partial charge in [0.25, 0.3) is 5.91 Å². The van der Waals surface area contributed by atoms with Gasteiger partial charge >= 0.3 is 0 Å². The molecule has 0 atom stereocenters. The minimum Gasteiger partial charge on any atom is -0.493 e. The molecule has 166 valence electrons. The highest BCUT2D eigenvalue weighted by molar-refractivity contribution is 6.04. The second-order valence-electron chi connectivity index (χ2n) is 7.78. The van der Waals surface area contributed by atoms with Gasteiger partial charge in [-0.3, -0.25) is 4.79 Å². The summed E-state index contributed by atoms with van der Waals surface area (Å²) in [5.41, 5.74) is 3.20. The van der Waals surface area contributed by atoms with Gasteiger partial charge in [0.2, 0.25) is 5.88 Å². The third-order valence-electron chi connectivity index (χ3n) is 5.13. The van der Waals surface area contributed by atoms with Gasteiger partial charge in [0, 0.05) is 29.1 Å². The largest absolute Gasteiger partial charge is 0.493 e. The molecule has 6 nitrogen and oxygen atoms in total. The van der Waals surface area contributed by atoms with Crippen molar-refractivity contribution in [1.29, 1.82) is 0 Å². The Bertz CT molecular complexity index is 1250. The minimum atomic E-state index is -0.199. The van der Waals surface area contributed by atoms with Crippen LogP contribution in [-0.2, 0) is 0 Å². The van der Waals surface area contributed by atoms with E-state index in [0.29, 0.717) is 40.2 Å². The summed E-state index contributed by atoms with van der Waals surface area (Å²) in [5.74, 6) is 2.24. The van der Waals surface area contributed by atoms with Crippen molar-refractivity contribution in [2.24, 2.45) is 0 Å². The van der Waals surface area contributed by atoms with E-state index in [1.807, 2.05) is 54.6 Å². The van der Waals surface area contributed by atoms with Crippen LogP contribution < -0.4 is 14.8 Å². The molecule has 0 saturated heterocycles. The fraction of sp³-hybridized carbons (Fsp3) is 0.148. The van der Waals surface area contributed by atoms with Crippen molar-refractivity contribution < 1.29 is 14.3 Å². The highest BCUT2D eigenvalue weighted by atomic mass is 16.5. The molecule has 1 heterocycles. The lowest BCUT2D eigenvalue weighted by Gasteiger charge is -2.10. The van der Waals surface area contributed by atoms with Gasteiger partial charge in [-0.1, -0.05) is 50.2 Å². The molecule has 0 aliphatic carbocycles. The SMILES string of the molecule is COc1ccccc1Oc1ccnc(-c2cccc(C(=O)Nc3ccc(C(C)C)cc3)c2)n1. The number of rotatable bonds is 7. The summed E-state index contributed by atoms with van der Waals surface area (Å²) < 4.78 is 11.2. The number of anilines is 1. The molecule has 0 bridgehead atoms. The number of aromatic nitrogens is 2. The number of para-hydroxylation sites is 2. The first kappa shape index (κ1) is 22.0. The van der Waals surface area contributed by atoms with E-state index in [1.165, 1.54) is 5.56 Å². The van der Waals surface area contributed by atoms with Crippen LogP contribution in [0.5, 0.6) is 17.4 Å². The predicted molar refractivity (Wildman–Crippen MR) is 129 cm³/mol. The Morgan fingerprint density at radius 2 is 1.67 bits per heavy atom. The molecule has 0 unspecified atom stereocenters. The van der Waals surface area contributed by atoms with Crippen LogP contribution in [0, 0.1) is 0 Å². The maximum absolute atomic E-state index is 12.8. The smallest absolute Gasteiger partial charge is 0.255 e. The van der Waals surface area contributed by atoms with Crippen LogP contribution in [0.2, 0.25) is 0 Å². The maximum atomic E-state index is 12.8. The average Bonchev–Trinajstić information content (AvgIpc) is 2.85. The van der Waals surface area contributed by atoms with Crippen LogP contribution in [0.25, 0.3) is 11.4 Å². The topological polar surface area (TPSA) is 73.3 Å². The third kappa shape index (κ3) is 5.36. The van der Waals surface area contributed by atoms with Crippen molar-refractivity contribution in [2.75, 3.05) is 12.4 Å². The fourth-order valence-corrected chi connectivity index (χ4v) is 3.31. The molecule has 6 heteroatoms. The maximum Gasteiger partial charge on any atom is 0.255 e. The first-order valence-electron chi connectivity index (χ1n) is 10.7. The van der Waals surface area contributed by atoms with E-state index in [0.717, 1.165) is 5.69 Å². The number of amides is 1. The van der Waals surface area contributed by atoms with Gasteiger partial charge in [0.15, 0.2) is 17.3 Å². The number of nitrogens with zero attached hydrogens (tertiary/aromatic N) is 2. The first-order valence-corrected chi connectivity index (χ1v) is 10.7. The summed E-state index contributed by atoms with van der Waals surface area (Å²) in [4.78, 5) is 21.7. The second kappa shape index (κ2) is 9.96. The second-order valence-corrected chi connectivity index (χ2v) is 7.78. The van der Waals surface area contributed by atoms with E-state index < -0.39 is 0 Å². The lowest BCUT2D eigenvalue weighted by molar-refractivity contribution is 0.102. The highest BCUT2D eigenvalue weighted by Crippen LogP contribution is 2.30. The number of carbonyl (C=O) groups excluding carboxylic acids is 1. The Balaban J connectivity index is 1.52. The predicted octanol–water partition coefficient (Wildman–Crippen LogP) is 6.32. The molecule has 0 radical (unpaired) electrons. The number of carbonyl (C=O) groups is 1. The zero-order valence-corrected chi connectivity index (χ0v) is 18.8. The fourth-order valence-electron chi connectivity index (χ4n) is 3.31. The van der Waals surface area contributed by atoms with Crippen LogP contribution >= 0.6 is 0 Å². The molecule has 4 rings (SSSR count). The van der Waals surface area contributed by atoms with Gasteiger partial charge in [-0.05, 0) is 47.9 Å². The van der Waals surface area contributed by atoms with Gasteiger partial charge in [-0.15, -0.1) is 0 Å². The highest BCUT2D eigenvalue weighted by Gasteiger charge is 2.11. The molecule has 0 aliphatic rings. The van der Waals surface area contributed by atoms with Crippen molar-refractivity contribution in [3.05, 3.63) is 96.2 Å². The van der Waals surface area contributed by atoms with Crippen LogP contribution in [0.1, 0.15) is 35.7 Å². The van der Waals surface area contributed by atoms with Crippen molar-refractivity contribution >= 4 is 11.6 Å². The number of benzene rings is 3. The van der Waals surface area contributed by atoms with Crippen LogP contribution in [0.3, 0.4) is 0 Å². The molecule has 1 amide bonds. The molecular formula is C27H25N3O3. The number of ether oxygens (including phenoxy) is 2. The Morgan fingerprint density at radius 3 is 2.39 bits per heavy atom. The van der Waals surface area contributed by atoms with Crippen LogP contribution in [0.15, 0.2) is 85.1 Å². The molecular weight excluding hydrogens is 414 g/mol. The Labute approximate surface area is 193 Å². The van der Waals surface area contributed by atoms with Crippen molar-refractivity contribution in [1.82, 2.24) is 9.97 Å². The van der Waals surface area contributed by atoms with Crippen LogP contribution in [-0.4, -0.2) is 23.0 Å². The zero-order chi connectivity index (χ0) is 23.2. The molecule has 33 heavy (non-hydrogen) atoms. The van der Waals surface area contributed by atoms with Crippen molar-refractivity contribution in [2.45, 2.75) is 19.8 Å². The zero-order valence-electron chi connectivity index (χ0n) is 18.8. The first-order chi connectivity index (χ1) is 16.0. The van der Waals surface area contributed by atoms with Gasteiger partial charge in [0.1, 0.15) is 0 Å². The summed E-state index contributed by atoms with van der Waals surface area (Å²) >= 11 is 0. The molecule has 1 aromatic heterocycles. The Hall–Kier alpha value is -4.19. The van der Waals surface area contributed by atoms with E-state index in [9.17, 15) is 4.79 Å². The number of methoxy groups -OCH3 is 1. The van der Waals surface area contributed by atoms with Gasteiger partial charge in [-0.25, -0.2) is 4.98 Å². The number of nitrogens with one attached hydrogen (secondary N) is 1. The Morgan fingerprint density at radius 1 is 0.909 bits per heavy atom. The quantitative estimate of drug-likeness (QED) is 0.365. The molecule has 0 saturated carbocycles. The van der Waals surface area contributed by atoms with E-state index in [1.54, 1.807) is 37.6 Å². The molecule has 0 spiro atoms. The Kier molecular flexibility index (Phi) is 6.64. The normalized spacial score (nSPS) is 10.7. The van der Waals surface area contributed by atoms with E-state index in [-0.39, 0.29) is 5.91 Å². The summed E-state index contributed by atoms with van der Waals surface area (Å²) in [6.07, 6.45) is 1.62. The van der Waals surface area contributed by atoms with Gasteiger partial charge in [-0.2, -0.15) is 4.98 Å². The standard InChI is InChI=1S/C27H25N3O3/c1-18(2)19-11-13-22(14-12-19)29-27(31)21-8-6-7-20(17-21)26-28-16-15-25(30-26)33-24-10-5-4-9-23(24)32-3/h4-18H,1-3H3,(H,29,31). The number of hydrogen-bond donors (Lipinski definition) is 1. The van der Waals surface area contributed by atoms with E-state index >= 15 is 0 Å². The molecule has 4 aromatic rings. The monoisotopic (exact) mass is 439 g/mol. The van der Waals surface area contributed by atoms with Gasteiger partial charge in [0.05, 0.1) is 7.11 Å². The van der Waals surface area contributed by atoms with Gasteiger partial charge < -0.3 is 14.8 Å². The lowest BCUT2D eigenvalue weighted by atomic mass is 10.0. The summed E-state index contributed by atoms with van der Waals surface area (Å²) in [6, 6.07) is 24.1. The minimum absolute atomic E-state index is 0.199. The number of hydrogen-bond acceptors (Lipinski definition) is 5.